The first-order chi connectivity index (χ1) is 12.1. The van der Waals surface area contributed by atoms with Gasteiger partial charge in [-0.1, -0.05) is 12.8 Å². The standard InChI is InChI=1S/C17H27N7S.HI/c1-12-10-19-16(25-12)8-9-18-17(21-14-6-4-5-7-14)20-11-15-23-22-13(2)24(15)3;/h10,14H,4-9,11H2,1-3H3,(H2,18,20,21);1H. The fraction of sp³-hybridized carbons (Fsp3) is 0.647. The summed E-state index contributed by atoms with van der Waals surface area (Å²) in [6, 6.07) is 0.523. The molecular formula is C17H28IN7S. The molecule has 0 aliphatic heterocycles. The highest BCUT2D eigenvalue weighted by Gasteiger charge is 2.16. The van der Waals surface area contributed by atoms with Crippen molar-refractivity contribution in [3.63, 3.8) is 0 Å². The van der Waals surface area contributed by atoms with Gasteiger partial charge in [0.2, 0.25) is 0 Å². The zero-order valence-corrected chi connectivity index (χ0v) is 18.8. The second kappa shape index (κ2) is 10.2. The minimum atomic E-state index is 0. The molecule has 0 bridgehead atoms. The van der Waals surface area contributed by atoms with Gasteiger partial charge in [-0.05, 0) is 26.7 Å². The molecule has 26 heavy (non-hydrogen) atoms. The molecule has 0 amide bonds. The zero-order chi connectivity index (χ0) is 17.6. The molecule has 1 aliphatic carbocycles. The summed E-state index contributed by atoms with van der Waals surface area (Å²) < 4.78 is 1.98. The molecule has 0 radical (unpaired) electrons. The number of hydrogen-bond donors (Lipinski definition) is 2. The Balaban J connectivity index is 0.00000243. The number of aromatic nitrogens is 4. The number of guanidine groups is 1. The van der Waals surface area contributed by atoms with Gasteiger partial charge in [0, 0.05) is 37.1 Å². The molecule has 144 valence electrons. The number of nitrogens with zero attached hydrogens (tertiary/aromatic N) is 5. The second-order valence-electron chi connectivity index (χ2n) is 6.55. The maximum atomic E-state index is 4.72. The molecule has 2 heterocycles. The van der Waals surface area contributed by atoms with E-state index in [4.69, 9.17) is 4.99 Å². The number of thiazole rings is 1. The highest BCUT2D eigenvalue weighted by Crippen LogP contribution is 2.17. The van der Waals surface area contributed by atoms with Gasteiger partial charge in [0.15, 0.2) is 11.8 Å². The van der Waals surface area contributed by atoms with Crippen LogP contribution in [0, 0.1) is 13.8 Å². The van der Waals surface area contributed by atoms with Crippen LogP contribution in [0.1, 0.15) is 47.2 Å². The maximum absolute atomic E-state index is 4.72. The minimum absolute atomic E-state index is 0. The van der Waals surface area contributed by atoms with E-state index in [1.54, 1.807) is 11.3 Å². The van der Waals surface area contributed by atoms with Crippen LogP contribution >= 0.6 is 35.3 Å². The van der Waals surface area contributed by atoms with Crippen LogP contribution in [0.15, 0.2) is 11.2 Å². The molecule has 1 fully saturated rings. The van der Waals surface area contributed by atoms with Crippen molar-refractivity contribution in [1.29, 1.82) is 0 Å². The van der Waals surface area contributed by atoms with Gasteiger partial charge in [0.05, 0.1) is 5.01 Å². The molecule has 3 rings (SSSR count). The van der Waals surface area contributed by atoms with Crippen LogP contribution in [0.4, 0.5) is 0 Å². The summed E-state index contributed by atoms with van der Waals surface area (Å²) >= 11 is 1.75. The van der Waals surface area contributed by atoms with Crippen molar-refractivity contribution < 1.29 is 0 Å². The van der Waals surface area contributed by atoms with Gasteiger partial charge in [0.1, 0.15) is 12.4 Å². The van der Waals surface area contributed by atoms with Gasteiger partial charge in [-0.15, -0.1) is 45.5 Å². The molecule has 2 N–H and O–H groups in total. The van der Waals surface area contributed by atoms with Gasteiger partial charge in [0.25, 0.3) is 0 Å². The zero-order valence-electron chi connectivity index (χ0n) is 15.7. The average Bonchev–Trinajstić information content (AvgIpc) is 3.31. The van der Waals surface area contributed by atoms with Crippen LogP contribution in [-0.4, -0.2) is 38.3 Å². The van der Waals surface area contributed by atoms with E-state index in [1.165, 1.54) is 30.6 Å². The van der Waals surface area contributed by atoms with Crippen molar-refractivity contribution in [2.24, 2.45) is 12.0 Å². The van der Waals surface area contributed by atoms with E-state index in [1.807, 2.05) is 24.7 Å². The van der Waals surface area contributed by atoms with Gasteiger partial charge >= 0.3 is 0 Å². The molecule has 2 aromatic heterocycles. The van der Waals surface area contributed by atoms with Crippen molar-refractivity contribution in [3.8, 4) is 0 Å². The highest BCUT2D eigenvalue weighted by atomic mass is 127. The fourth-order valence-electron chi connectivity index (χ4n) is 2.96. The van der Waals surface area contributed by atoms with E-state index in [2.05, 4.69) is 32.7 Å². The van der Waals surface area contributed by atoms with Crippen molar-refractivity contribution in [2.75, 3.05) is 6.54 Å². The summed E-state index contributed by atoms with van der Waals surface area (Å²) in [7, 11) is 1.97. The number of hydrogen-bond acceptors (Lipinski definition) is 5. The Morgan fingerprint density at radius 3 is 2.69 bits per heavy atom. The maximum Gasteiger partial charge on any atom is 0.191 e. The number of aryl methyl sites for hydroxylation is 2. The molecule has 0 saturated heterocycles. The van der Waals surface area contributed by atoms with E-state index >= 15 is 0 Å². The monoisotopic (exact) mass is 489 g/mol. The lowest BCUT2D eigenvalue weighted by Crippen LogP contribution is -2.43. The first kappa shape index (κ1) is 21.1. The van der Waals surface area contributed by atoms with Crippen LogP contribution < -0.4 is 10.6 Å². The predicted octanol–water partition coefficient (Wildman–Crippen LogP) is 2.73. The lowest BCUT2D eigenvalue weighted by Gasteiger charge is -2.17. The molecule has 9 heteroatoms. The normalized spacial score (nSPS) is 15.1. The number of halogens is 1. The van der Waals surface area contributed by atoms with Crippen molar-refractivity contribution in [3.05, 3.63) is 27.7 Å². The Morgan fingerprint density at radius 2 is 2.08 bits per heavy atom. The fourth-order valence-corrected chi connectivity index (χ4v) is 3.75. The average molecular weight is 489 g/mol. The van der Waals surface area contributed by atoms with Gasteiger partial charge in [-0.2, -0.15) is 0 Å². The molecule has 0 atom stereocenters. The summed E-state index contributed by atoms with van der Waals surface area (Å²) in [4.78, 5) is 10.4. The van der Waals surface area contributed by atoms with Crippen LogP contribution in [0.2, 0.25) is 0 Å². The third-order valence-electron chi connectivity index (χ3n) is 4.56. The molecule has 0 unspecified atom stereocenters. The Kier molecular flexibility index (Phi) is 8.26. The molecule has 0 spiro atoms. The summed E-state index contributed by atoms with van der Waals surface area (Å²) in [5.41, 5.74) is 0. The number of rotatable bonds is 6. The largest absolute Gasteiger partial charge is 0.356 e. The van der Waals surface area contributed by atoms with Crippen LogP contribution in [-0.2, 0) is 20.0 Å². The van der Waals surface area contributed by atoms with Crippen LogP contribution in [0.5, 0.6) is 0 Å². The topological polar surface area (TPSA) is 80.0 Å². The Morgan fingerprint density at radius 1 is 1.31 bits per heavy atom. The molecule has 0 aromatic carbocycles. The van der Waals surface area contributed by atoms with E-state index in [9.17, 15) is 0 Å². The molecular weight excluding hydrogens is 461 g/mol. The molecule has 1 saturated carbocycles. The first-order valence-electron chi connectivity index (χ1n) is 8.93. The third-order valence-corrected chi connectivity index (χ3v) is 5.53. The summed E-state index contributed by atoms with van der Waals surface area (Å²) in [6.07, 6.45) is 7.87. The van der Waals surface area contributed by atoms with Crippen molar-refractivity contribution in [1.82, 2.24) is 30.4 Å². The third kappa shape index (κ3) is 5.90. The van der Waals surface area contributed by atoms with Crippen molar-refractivity contribution in [2.45, 2.75) is 58.5 Å². The highest BCUT2D eigenvalue weighted by molar-refractivity contribution is 14.0. The Bertz CT molecular complexity index is 719. The number of nitrogens with one attached hydrogen (secondary N) is 2. The van der Waals surface area contributed by atoms with E-state index in [0.717, 1.165) is 35.6 Å². The predicted molar refractivity (Wildman–Crippen MR) is 116 cm³/mol. The quantitative estimate of drug-likeness (QED) is 0.371. The van der Waals surface area contributed by atoms with Crippen LogP contribution in [0.3, 0.4) is 0 Å². The lowest BCUT2D eigenvalue weighted by atomic mass is 10.2. The number of aliphatic imine (C=N–C) groups is 1. The smallest absolute Gasteiger partial charge is 0.191 e. The summed E-state index contributed by atoms with van der Waals surface area (Å²) in [5, 5.41) is 16.5. The lowest BCUT2D eigenvalue weighted by molar-refractivity contribution is 0.610. The second-order valence-corrected chi connectivity index (χ2v) is 7.87. The SMILES string of the molecule is Cc1cnc(CCNC(=NCc2nnc(C)n2C)NC2CCCC2)s1.I. The van der Waals surface area contributed by atoms with E-state index in [0.29, 0.717) is 12.6 Å². The molecule has 7 nitrogen and oxygen atoms in total. The molecule has 2 aromatic rings. The Hall–Kier alpha value is -1.23. The van der Waals surface area contributed by atoms with Crippen molar-refractivity contribution >= 4 is 41.3 Å². The van der Waals surface area contributed by atoms with Crippen LogP contribution in [0.25, 0.3) is 0 Å². The summed E-state index contributed by atoms with van der Waals surface area (Å²) in [5.74, 6) is 2.64. The Labute approximate surface area is 176 Å². The van der Waals surface area contributed by atoms with Gasteiger partial charge in [-0.25, -0.2) is 9.98 Å². The minimum Gasteiger partial charge on any atom is -0.356 e. The van der Waals surface area contributed by atoms with Gasteiger partial charge < -0.3 is 15.2 Å². The first-order valence-corrected chi connectivity index (χ1v) is 9.74. The van der Waals surface area contributed by atoms with Gasteiger partial charge in [-0.3, -0.25) is 0 Å². The molecule has 1 aliphatic rings. The summed E-state index contributed by atoms with van der Waals surface area (Å²) in [6.45, 7) is 5.39. The van der Waals surface area contributed by atoms with E-state index < -0.39 is 0 Å². The van der Waals surface area contributed by atoms with E-state index in [-0.39, 0.29) is 24.0 Å².